The molecule has 0 bridgehead atoms. The third kappa shape index (κ3) is 6.26. The molecule has 1 aliphatic heterocycles. The van der Waals surface area contributed by atoms with Gasteiger partial charge in [-0.05, 0) is 25.3 Å². The van der Waals surface area contributed by atoms with E-state index in [1.807, 2.05) is 0 Å². The van der Waals surface area contributed by atoms with E-state index in [2.05, 4.69) is 10.6 Å². The lowest BCUT2D eigenvalue weighted by atomic mass is 10.1. The minimum atomic E-state index is -1.18. The number of benzene rings is 1. The number of nitrogens with two attached hydrogens (primary N) is 1. The van der Waals surface area contributed by atoms with Crippen LogP contribution >= 0.6 is 0 Å². The Morgan fingerprint density at radius 1 is 1.23 bits per heavy atom. The predicted octanol–water partition coefficient (Wildman–Crippen LogP) is -1.39. The number of rotatable bonds is 9. The SMILES string of the molecule is CC(O)C(N)C(=O)N1CCCC1C(=O)NCC(=O)NC(Cc1ccccc1)C(=O)O. The molecular formula is C20H28N4O6. The fraction of sp³-hybridized carbons (Fsp3) is 0.500. The number of carbonyl (C=O) groups is 4. The van der Waals surface area contributed by atoms with Crippen LogP contribution < -0.4 is 16.4 Å². The molecule has 1 fully saturated rings. The second kappa shape index (κ2) is 10.7. The largest absolute Gasteiger partial charge is 0.480 e. The van der Waals surface area contributed by atoms with Gasteiger partial charge in [0.1, 0.15) is 18.1 Å². The molecule has 0 radical (unpaired) electrons. The number of amides is 3. The van der Waals surface area contributed by atoms with E-state index < -0.39 is 54.5 Å². The van der Waals surface area contributed by atoms with Crippen LogP contribution in [-0.2, 0) is 25.6 Å². The van der Waals surface area contributed by atoms with Crippen molar-refractivity contribution >= 4 is 23.7 Å². The summed E-state index contributed by atoms with van der Waals surface area (Å²) in [6, 6.07) is 5.82. The van der Waals surface area contributed by atoms with Crippen LogP contribution in [0.5, 0.6) is 0 Å². The van der Waals surface area contributed by atoms with Gasteiger partial charge in [0.15, 0.2) is 0 Å². The van der Waals surface area contributed by atoms with Crippen LogP contribution in [0.2, 0.25) is 0 Å². The van der Waals surface area contributed by atoms with Crippen LogP contribution in [0.1, 0.15) is 25.3 Å². The number of hydrogen-bond donors (Lipinski definition) is 5. The van der Waals surface area contributed by atoms with E-state index in [9.17, 15) is 29.4 Å². The Balaban J connectivity index is 1.88. The number of carboxylic acids is 1. The van der Waals surface area contributed by atoms with E-state index in [0.717, 1.165) is 5.56 Å². The van der Waals surface area contributed by atoms with Crippen molar-refractivity contribution in [3.8, 4) is 0 Å². The summed E-state index contributed by atoms with van der Waals surface area (Å²) < 4.78 is 0. The first-order valence-electron chi connectivity index (χ1n) is 9.78. The smallest absolute Gasteiger partial charge is 0.326 e. The fourth-order valence-electron chi connectivity index (χ4n) is 3.28. The zero-order valence-electron chi connectivity index (χ0n) is 16.8. The first-order chi connectivity index (χ1) is 14.2. The highest BCUT2D eigenvalue weighted by Gasteiger charge is 2.37. The molecule has 6 N–H and O–H groups in total. The van der Waals surface area contributed by atoms with Gasteiger partial charge in [-0.2, -0.15) is 0 Å². The maximum absolute atomic E-state index is 12.5. The average Bonchev–Trinajstić information content (AvgIpc) is 3.21. The number of hydrogen-bond acceptors (Lipinski definition) is 6. The summed E-state index contributed by atoms with van der Waals surface area (Å²) in [6.45, 7) is 1.31. The van der Waals surface area contributed by atoms with Crippen molar-refractivity contribution in [3.05, 3.63) is 35.9 Å². The van der Waals surface area contributed by atoms with E-state index >= 15 is 0 Å². The van der Waals surface area contributed by atoms with Gasteiger partial charge in [-0.15, -0.1) is 0 Å². The van der Waals surface area contributed by atoms with Crippen LogP contribution in [0.3, 0.4) is 0 Å². The molecular weight excluding hydrogens is 392 g/mol. The standard InChI is InChI=1S/C20H28N4O6/c1-12(25)17(21)19(28)24-9-5-8-15(24)18(27)22-11-16(26)23-14(20(29)30)10-13-6-3-2-4-7-13/h2-4,6-7,12,14-15,17,25H,5,8-11,21H2,1H3,(H,22,27)(H,23,26)(H,29,30). The van der Waals surface area contributed by atoms with Crippen LogP contribution in [0.25, 0.3) is 0 Å². The second-order valence-corrected chi connectivity index (χ2v) is 7.32. The van der Waals surface area contributed by atoms with Gasteiger partial charge in [0, 0.05) is 13.0 Å². The van der Waals surface area contributed by atoms with Gasteiger partial charge in [-0.1, -0.05) is 30.3 Å². The normalized spacial score (nSPS) is 18.9. The molecule has 1 heterocycles. The third-order valence-corrected chi connectivity index (χ3v) is 4.98. The number of carboxylic acid groups (broad SMARTS) is 1. The number of likely N-dealkylation sites (tertiary alicyclic amines) is 1. The highest BCUT2D eigenvalue weighted by molar-refractivity contribution is 5.93. The molecule has 0 spiro atoms. The van der Waals surface area contributed by atoms with Gasteiger partial charge in [-0.25, -0.2) is 4.79 Å². The summed E-state index contributed by atoms with van der Waals surface area (Å²) in [7, 11) is 0. The Kier molecular flexibility index (Phi) is 8.31. The Morgan fingerprint density at radius 2 is 1.90 bits per heavy atom. The number of aliphatic hydroxyl groups excluding tert-OH is 1. The highest BCUT2D eigenvalue weighted by Crippen LogP contribution is 2.18. The summed E-state index contributed by atoms with van der Waals surface area (Å²) in [5.74, 6) is -2.88. The van der Waals surface area contributed by atoms with Crippen LogP contribution in [0.4, 0.5) is 0 Å². The van der Waals surface area contributed by atoms with E-state index in [1.54, 1.807) is 30.3 Å². The molecule has 1 aliphatic rings. The van der Waals surface area contributed by atoms with Gasteiger partial charge >= 0.3 is 5.97 Å². The lowest BCUT2D eigenvalue weighted by Crippen LogP contribution is -2.55. The molecule has 2 rings (SSSR count). The van der Waals surface area contributed by atoms with Gasteiger partial charge in [0.25, 0.3) is 0 Å². The molecule has 0 aliphatic carbocycles. The number of aliphatic hydroxyl groups is 1. The molecule has 4 atom stereocenters. The molecule has 1 aromatic rings. The van der Waals surface area contributed by atoms with E-state index in [-0.39, 0.29) is 6.42 Å². The number of nitrogens with one attached hydrogen (secondary N) is 2. The Labute approximate surface area is 174 Å². The van der Waals surface area contributed by atoms with Crippen molar-refractivity contribution in [1.29, 1.82) is 0 Å². The molecule has 1 saturated heterocycles. The van der Waals surface area contributed by atoms with Crippen molar-refractivity contribution in [3.63, 3.8) is 0 Å². The van der Waals surface area contributed by atoms with E-state index in [0.29, 0.717) is 19.4 Å². The molecule has 164 valence electrons. The second-order valence-electron chi connectivity index (χ2n) is 7.32. The molecule has 4 unspecified atom stereocenters. The van der Waals surface area contributed by atoms with Crippen molar-refractivity contribution in [2.24, 2.45) is 5.73 Å². The lowest BCUT2D eigenvalue weighted by Gasteiger charge is -2.27. The van der Waals surface area contributed by atoms with Crippen molar-refractivity contribution in [2.75, 3.05) is 13.1 Å². The first kappa shape index (κ1) is 23.3. The summed E-state index contributed by atoms with van der Waals surface area (Å²) in [6.07, 6.45) is 0.0704. The van der Waals surface area contributed by atoms with Crippen molar-refractivity contribution in [1.82, 2.24) is 15.5 Å². The van der Waals surface area contributed by atoms with Gasteiger partial charge in [-0.3, -0.25) is 14.4 Å². The highest BCUT2D eigenvalue weighted by atomic mass is 16.4. The number of carbonyl (C=O) groups excluding carboxylic acids is 3. The van der Waals surface area contributed by atoms with Crippen molar-refractivity contribution in [2.45, 2.75) is 50.4 Å². The maximum atomic E-state index is 12.5. The molecule has 3 amide bonds. The summed E-state index contributed by atoms with van der Waals surface area (Å²) in [4.78, 5) is 49.7. The fourth-order valence-corrected chi connectivity index (χ4v) is 3.28. The van der Waals surface area contributed by atoms with E-state index in [1.165, 1.54) is 11.8 Å². The predicted molar refractivity (Wildman–Crippen MR) is 107 cm³/mol. The Bertz CT molecular complexity index is 770. The average molecular weight is 420 g/mol. The third-order valence-electron chi connectivity index (χ3n) is 4.98. The molecule has 0 aromatic heterocycles. The summed E-state index contributed by atoms with van der Waals surface area (Å²) in [5, 5.41) is 23.7. The lowest BCUT2D eigenvalue weighted by molar-refractivity contribution is -0.142. The molecule has 0 saturated carbocycles. The minimum absolute atomic E-state index is 0.109. The Hall–Kier alpha value is -2.98. The summed E-state index contributed by atoms with van der Waals surface area (Å²) >= 11 is 0. The van der Waals surface area contributed by atoms with Gasteiger partial charge in [0.2, 0.25) is 17.7 Å². The quantitative estimate of drug-likeness (QED) is 0.329. The van der Waals surface area contributed by atoms with Gasteiger partial charge in [0.05, 0.1) is 12.6 Å². The molecule has 10 heteroatoms. The first-order valence-corrected chi connectivity index (χ1v) is 9.78. The minimum Gasteiger partial charge on any atom is -0.480 e. The number of nitrogens with zero attached hydrogens (tertiary/aromatic N) is 1. The van der Waals surface area contributed by atoms with Crippen LogP contribution in [0.15, 0.2) is 30.3 Å². The molecule has 30 heavy (non-hydrogen) atoms. The van der Waals surface area contributed by atoms with Gasteiger partial charge < -0.3 is 31.5 Å². The van der Waals surface area contributed by atoms with E-state index in [4.69, 9.17) is 5.73 Å². The zero-order chi connectivity index (χ0) is 22.3. The number of aliphatic carboxylic acids is 1. The molecule has 10 nitrogen and oxygen atoms in total. The van der Waals surface area contributed by atoms with Crippen molar-refractivity contribution < 1.29 is 29.4 Å². The topological polar surface area (TPSA) is 162 Å². The maximum Gasteiger partial charge on any atom is 0.326 e. The zero-order valence-corrected chi connectivity index (χ0v) is 16.8. The molecule has 1 aromatic carbocycles. The van der Waals surface area contributed by atoms with Crippen LogP contribution in [0, 0.1) is 0 Å². The monoisotopic (exact) mass is 420 g/mol. The Morgan fingerprint density at radius 3 is 2.50 bits per heavy atom. The van der Waals surface area contributed by atoms with Crippen LogP contribution in [-0.4, -0.2) is 76.1 Å². The summed E-state index contributed by atoms with van der Waals surface area (Å²) in [5.41, 5.74) is 6.43.